The standard InChI is InChI=1S/C27H31N3O9S2/c1-2-30(13-6-14-40-39-38-33)18-8-11-22-24(15-18)37-25-17-23(28-12-5-3-4-7-26(31)32)20-10-9-19(41(34,35)36)16-21(20)27(25)29-22/h8-11,15-17,33H,2-7,12-14H2,1H3,(H,31,32)(H,34,35,36)/b28-23-. The summed E-state index contributed by atoms with van der Waals surface area (Å²) in [6.45, 7) is 3.95. The number of unbranched alkanes of at least 4 members (excludes halogenated alkanes) is 2. The van der Waals surface area contributed by atoms with Crippen LogP contribution in [0.5, 0.6) is 0 Å². The number of rotatable bonds is 15. The Kier molecular flexibility index (Phi) is 10.5. The topological polar surface area (TPSA) is 172 Å². The van der Waals surface area contributed by atoms with Crippen LogP contribution in [0.1, 0.15) is 39.0 Å². The van der Waals surface area contributed by atoms with Crippen LogP contribution >= 0.6 is 12.0 Å². The van der Waals surface area contributed by atoms with E-state index in [9.17, 15) is 17.8 Å². The Labute approximate surface area is 240 Å². The van der Waals surface area contributed by atoms with Gasteiger partial charge in [-0.1, -0.05) is 17.5 Å². The Balaban J connectivity index is 1.74. The maximum Gasteiger partial charge on any atom is 0.303 e. The van der Waals surface area contributed by atoms with E-state index in [0.29, 0.717) is 70.2 Å². The number of carbonyl (C=O) groups is 1. The molecule has 2 aromatic carbocycles. The van der Waals surface area contributed by atoms with E-state index < -0.39 is 16.1 Å². The van der Waals surface area contributed by atoms with Crippen molar-refractivity contribution in [2.24, 2.45) is 4.99 Å². The van der Waals surface area contributed by atoms with Crippen molar-refractivity contribution in [2.45, 2.75) is 43.9 Å². The Morgan fingerprint density at radius 3 is 2.66 bits per heavy atom. The van der Waals surface area contributed by atoms with E-state index >= 15 is 0 Å². The summed E-state index contributed by atoms with van der Waals surface area (Å²) < 4.78 is 44.2. The number of hydrogen-bond donors (Lipinski definition) is 3. The predicted octanol–water partition coefficient (Wildman–Crippen LogP) is 5.16. The average molecular weight is 606 g/mol. The molecule has 220 valence electrons. The zero-order chi connectivity index (χ0) is 29.4. The minimum absolute atomic E-state index is 0.110. The van der Waals surface area contributed by atoms with Crippen LogP contribution in [0.25, 0.3) is 33.3 Å². The number of aliphatic carboxylic acids is 1. The fraction of sp³-hybridized carbons (Fsp3) is 0.370. The molecule has 1 heterocycles. The number of aromatic nitrogens is 1. The molecule has 2 aliphatic rings. The first-order valence-corrected chi connectivity index (χ1v) is 15.4. The summed E-state index contributed by atoms with van der Waals surface area (Å²) in [6, 6.07) is 11.7. The summed E-state index contributed by atoms with van der Waals surface area (Å²) in [5.74, 6) is 0.191. The summed E-state index contributed by atoms with van der Waals surface area (Å²) in [7, 11) is -4.45. The first kappa shape index (κ1) is 30.7. The van der Waals surface area contributed by atoms with Gasteiger partial charge in [-0.3, -0.25) is 14.3 Å². The van der Waals surface area contributed by atoms with Crippen LogP contribution in [0.4, 0.5) is 5.69 Å². The molecule has 1 aliphatic carbocycles. The molecule has 0 saturated heterocycles. The zero-order valence-corrected chi connectivity index (χ0v) is 24.0. The highest BCUT2D eigenvalue weighted by atomic mass is 32.2. The van der Waals surface area contributed by atoms with Crippen LogP contribution in [0.3, 0.4) is 0 Å². The Morgan fingerprint density at radius 2 is 1.93 bits per heavy atom. The van der Waals surface area contributed by atoms with Crippen molar-refractivity contribution in [3.63, 3.8) is 0 Å². The fourth-order valence-corrected chi connectivity index (χ4v) is 5.41. The molecule has 1 aliphatic heterocycles. The molecule has 0 atom stereocenters. The van der Waals surface area contributed by atoms with E-state index in [1.165, 1.54) is 12.1 Å². The third-order valence-corrected chi connectivity index (χ3v) is 7.99. The van der Waals surface area contributed by atoms with Gasteiger partial charge in [0, 0.05) is 72.4 Å². The first-order chi connectivity index (χ1) is 19.7. The Morgan fingerprint density at radius 1 is 1.10 bits per heavy atom. The van der Waals surface area contributed by atoms with E-state index in [2.05, 4.69) is 14.3 Å². The van der Waals surface area contributed by atoms with Gasteiger partial charge in [-0.15, -0.1) is 4.33 Å². The third-order valence-electron chi connectivity index (χ3n) is 6.53. The molecular formula is C27H31N3O9S2. The van der Waals surface area contributed by atoms with Crippen molar-refractivity contribution in [3.05, 3.63) is 47.8 Å². The highest BCUT2D eigenvalue weighted by Gasteiger charge is 2.19. The Bertz CT molecular complexity index is 1660. The van der Waals surface area contributed by atoms with Crippen molar-refractivity contribution in [3.8, 4) is 11.5 Å². The minimum atomic E-state index is -4.45. The number of carboxylic acids is 1. The van der Waals surface area contributed by atoms with E-state index in [0.717, 1.165) is 37.2 Å². The highest BCUT2D eigenvalue weighted by molar-refractivity contribution is 7.94. The largest absolute Gasteiger partial charge is 0.481 e. The predicted molar refractivity (Wildman–Crippen MR) is 154 cm³/mol. The van der Waals surface area contributed by atoms with Crippen LogP contribution in [0, 0.1) is 0 Å². The molecule has 4 rings (SSSR count). The molecule has 0 fully saturated rings. The molecule has 12 nitrogen and oxygen atoms in total. The van der Waals surface area contributed by atoms with Crippen molar-refractivity contribution in [1.29, 1.82) is 0 Å². The van der Waals surface area contributed by atoms with E-state index in [1.54, 1.807) is 12.1 Å². The normalized spacial score (nSPS) is 12.5. The lowest BCUT2D eigenvalue weighted by Crippen LogP contribution is -2.24. The summed E-state index contributed by atoms with van der Waals surface area (Å²) in [5.41, 5.74) is 2.46. The molecule has 41 heavy (non-hydrogen) atoms. The molecule has 0 bridgehead atoms. The highest BCUT2D eigenvalue weighted by Crippen LogP contribution is 2.33. The molecule has 3 N–H and O–H groups in total. The monoisotopic (exact) mass is 605 g/mol. The van der Waals surface area contributed by atoms with Gasteiger partial charge >= 0.3 is 5.97 Å². The van der Waals surface area contributed by atoms with E-state index in [-0.39, 0.29) is 11.3 Å². The van der Waals surface area contributed by atoms with Crippen molar-refractivity contribution in [1.82, 2.24) is 4.98 Å². The maximum absolute atomic E-state index is 11.9. The maximum atomic E-state index is 11.9. The van der Waals surface area contributed by atoms with Crippen molar-refractivity contribution in [2.75, 3.05) is 30.3 Å². The molecule has 0 radical (unpaired) electrons. The summed E-state index contributed by atoms with van der Waals surface area (Å²) in [6.07, 6.45) is 2.85. The zero-order valence-electron chi connectivity index (χ0n) is 22.4. The lowest BCUT2D eigenvalue weighted by molar-refractivity contribution is -0.432. The third kappa shape index (κ3) is 7.93. The summed E-state index contributed by atoms with van der Waals surface area (Å²) in [5, 5.41) is 22.4. The lowest BCUT2D eigenvalue weighted by Gasteiger charge is -2.23. The molecule has 0 saturated carbocycles. The van der Waals surface area contributed by atoms with Gasteiger partial charge in [-0.2, -0.15) is 8.42 Å². The van der Waals surface area contributed by atoms with Crippen LogP contribution in [0.2, 0.25) is 0 Å². The number of fused-ring (bicyclic) bond motifs is 4. The van der Waals surface area contributed by atoms with Gasteiger partial charge < -0.3 is 14.4 Å². The second-order valence-electron chi connectivity index (χ2n) is 9.27. The number of benzene rings is 3. The van der Waals surface area contributed by atoms with E-state index in [4.69, 9.17) is 24.8 Å². The SMILES string of the molecule is CCN(CCCSOOO)c1ccc2nc3c4cc(S(=O)(=O)O)ccc4/c(=N\CCCCCC(=O)O)cc-3oc2c1. The number of nitrogens with zero attached hydrogens (tertiary/aromatic N) is 3. The van der Waals surface area contributed by atoms with Gasteiger partial charge in [0.15, 0.2) is 11.3 Å². The molecule has 14 heteroatoms. The van der Waals surface area contributed by atoms with Crippen LogP contribution in [0.15, 0.2) is 56.8 Å². The quantitative estimate of drug-likeness (QED) is 0.0309. The van der Waals surface area contributed by atoms with Crippen molar-refractivity contribution < 1.29 is 41.9 Å². The van der Waals surface area contributed by atoms with Crippen LogP contribution < -0.4 is 10.3 Å². The van der Waals surface area contributed by atoms with Gasteiger partial charge in [0.2, 0.25) is 0 Å². The van der Waals surface area contributed by atoms with Crippen LogP contribution in [-0.2, 0) is 24.3 Å². The van der Waals surface area contributed by atoms with Gasteiger partial charge in [0.25, 0.3) is 10.1 Å². The minimum Gasteiger partial charge on any atom is -0.481 e. The van der Waals surface area contributed by atoms with Gasteiger partial charge in [-0.25, -0.2) is 10.2 Å². The van der Waals surface area contributed by atoms with Gasteiger partial charge in [0.1, 0.15) is 11.2 Å². The smallest absolute Gasteiger partial charge is 0.303 e. The Hall–Kier alpha value is -3.27. The molecule has 2 aromatic rings. The molecular weight excluding hydrogens is 574 g/mol. The molecule has 0 unspecified atom stereocenters. The molecule has 0 aromatic heterocycles. The number of anilines is 1. The van der Waals surface area contributed by atoms with Crippen LogP contribution in [-0.4, -0.2) is 59.7 Å². The summed E-state index contributed by atoms with van der Waals surface area (Å²) >= 11 is 1.01. The second-order valence-corrected chi connectivity index (χ2v) is 11.5. The summed E-state index contributed by atoms with van der Waals surface area (Å²) in [4.78, 5) is 22.1. The molecule has 0 spiro atoms. The lowest BCUT2D eigenvalue weighted by atomic mass is 10.0. The van der Waals surface area contributed by atoms with Gasteiger partial charge in [-0.05, 0) is 50.5 Å². The van der Waals surface area contributed by atoms with Crippen molar-refractivity contribution >= 4 is 55.7 Å². The average Bonchev–Trinajstić information content (AvgIpc) is 2.94. The molecule has 0 amide bonds. The number of carboxylic acid groups (broad SMARTS) is 1. The van der Waals surface area contributed by atoms with E-state index in [1.807, 2.05) is 25.1 Å². The second kappa shape index (κ2) is 14.1. The fourth-order valence-electron chi connectivity index (χ4n) is 4.55. The first-order valence-electron chi connectivity index (χ1n) is 13.1. The number of hydrogen-bond acceptors (Lipinski definition) is 11. The van der Waals surface area contributed by atoms with Gasteiger partial charge in [0.05, 0.1) is 10.3 Å².